The van der Waals surface area contributed by atoms with Crippen LogP contribution in [0, 0.1) is 0 Å². The van der Waals surface area contributed by atoms with Gasteiger partial charge in [-0.3, -0.25) is 18.6 Å². The van der Waals surface area contributed by atoms with Crippen molar-refractivity contribution < 1.29 is 47.8 Å². The molecule has 0 aromatic rings. The largest absolute Gasteiger partial charge is 0.472 e. The summed E-state index contributed by atoms with van der Waals surface area (Å²) in [5, 5.41) is 19.1. The van der Waals surface area contributed by atoms with Crippen LogP contribution in [0.15, 0.2) is 24.3 Å². The number of hydrogen-bond donors (Lipinski definition) is 3. The fourth-order valence-corrected chi connectivity index (χ4v) is 5.71. The highest BCUT2D eigenvalue weighted by molar-refractivity contribution is 7.47. The number of aliphatic hydroxyl groups excluding tert-OH is 2. The van der Waals surface area contributed by atoms with Crippen molar-refractivity contribution in [2.45, 2.75) is 174 Å². The second-order valence-electron chi connectivity index (χ2n) is 12.5. The number of carbonyl (C=O) groups excluding carboxylic acids is 2. The van der Waals surface area contributed by atoms with Crippen LogP contribution in [-0.4, -0.2) is 65.7 Å². The van der Waals surface area contributed by atoms with Gasteiger partial charge in [0.2, 0.25) is 0 Å². The first-order valence-corrected chi connectivity index (χ1v) is 20.3. The molecule has 0 heterocycles. The molecule has 0 amide bonds. The molecule has 0 aliphatic rings. The van der Waals surface area contributed by atoms with E-state index in [-0.39, 0.29) is 12.8 Å². The zero-order valence-electron chi connectivity index (χ0n) is 30.2. The lowest BCUT2D eigenvalue weighted by atomic mass is 10.1. The highest BCUT2D eigenvalue weighted by Gasteiger charge is 2.27. The SMILES string of the molecule is CCCCC/C=C\CCCCCCCC(=O)OC(CO)COP(=O)(O)OCC(CO)OC(=O)CCCCCCC/C=C\CCCCCC. The van der Waals surface area contributed by atoms with Crippen molar-refractivity contribution in [3.63, 3.8) is 0 Å². The van der Waals surface area contributed by atoms with Crippen molar-refractivity contribution in [3.05, 3.63) is 24.3 Å². The summed E-state index contributed by atoms with van der Waals surface area (Å²) in [7, 11) is -4.63. The van der Waals surface area contributed by atoms with Crippen LogP contribution in [0.1, 0.15) is 162 Å². The molecular formula is C37H69O10P. The van der Waals surface area contributed by atoms with E-state index >= 15 is 0 Å². The van der Waals surface area contributed by atoms with Gasteiger partial charge in [0, 0.05) is 12.8 Å². The third-order valence-electron chi connectivity index (χ3n) is 7.89. The minimum Gasteiger partial charge on any atom is -0.457 e. The number of esters is 2. The van der Waals surface area contributed by atoms with Crippen LogP contribution < -0.4 is 0 Å². The van der Waals surface area contributed by atoms with Gasteiger partial charge in [-0.15, -0.1) is 0 Å². The summed E-state index contributed by atoms with van der Waals surface area (Å²) in [4.78, 5) is 34.3. The van der Waals surface area contributed by atoms with E-state index in [1.807, 2.05) is 0 Å². The molecule has 0 aromatic carbocycles. The number of unbranched alkanes of at least 4 members (excludes halogenated alkanes) is 17. The van der Waals surface area contributed by atoms with Gasteiger partial charge in [0.05, 0.1) is 26.4 Å². The zero-order chi connectivity index (χ0) is 35.6. The summed E-state index contributed by atoms with van der Waals surface area (Å²) in [6, 6.07) is 0. The van der Waals surface area contributed by atoms with Crippen molar-refractivity contribution in [3.8, 4) is 0 Å². The second kappa shape index (κ2) is 33.9. The van der Waals surface area contributed by atoms with Gasteiger partial charge in [-0.2, -0.15) is 0 Å². The van der Waals surface area contributed by atoms with E-state index in [9.17, 15) is 29.3 Å². The Balaban J connectivity index is 4.02. The number of hydrogen-bond acceptors (Lipinski definition) is 9. The molecule has 10 nitrogen and oxygen atoms in total. The second-order valence-corrected chi connectivity index (χ2v) is 14.0. The third kappa shape index (κ3) is 31.7. The van der Waals surface area contributed by atoms with Gasteiger partial charge in [0.1, 0.15) is 12.2 Å². The molecule has 0 saturated heterocycles. The standard InChI is InChI=1S/C37H69O10P/c1-3-5-7-9-11-13-15-17-19-21-23-25-27-29-37(41)47-35(31-39)33-45-48(42,43)44-32-34(30-38)46-36(40)28-26-24-22-20-18-16-14-12-10-8-6-4-2/h12-15,34-35,38-39H,3-11,16-33H2,1-2H3,(H,42,43)/b14-12-,15-13-. The van der Waals surface area contributed by atoms with Crippen LogP contribution >= 0.6 is 7.82 Å². The average molecular weight is 705 g/mol. The lowest BCUT2D eigenvalue weighted by molar-refractivity contribution is -0.153. The molecule has 0 spiro atoms. The van der Waals surface area contributed by atoms with Gasteiger partial charge in [0.15, 0.2) is 0 Å². The first-order valence-electron chi connectivity index (χ1n) is 18.8. The van der Waals surface area contributed by atoms with E-state index in [0.29, 0.717) is 12.8 Å². The molecular weight excluding hydrogens is 635 g/mol. The van der Waals surface area contributed by atoms with Crippen molar-refractivity contribution >= 4 is 19.8 Å². The van der Waals surface area contributed by atoms with Crippen molar-refractivity contribution in [2.75, 3.05) is 26.4 Å². The Morgan fingerprint density at radius 3 is 1.23 bits per heavy atom. The number of ether oxygens (including phenoxy) is 2. The Morgan fingerprint density at radius 1 is 0.542 bits per heavy atom. The fraction of sp³-hybridized carbons (Fsp3) is 0.838. The number of phosphoric ester groups is 1. The van der Waals surface area contributed by atoms with E-state index in [2.05, 4.69) is 38.2 Å². The summed E-state index contributed by atoms with van der Waals surface area (Å²) in [6.45, 7) is 2.13. The molecule has 282 valence electrons. The van der Waals surface area contributed by atoms with Gasteiger partial charge in [-0.1, -0.05) is 109 Å². The maximum Gasteiger partial charge on any atom is 0.472 e. The highest BCUT2D eigenvalue weighted by atomic mass is 31.2. The molecule has 0 saturated carbocycles. The topological polar surface area (TPSA) is 149 Å². The highest BCUT2D eigenvalue weighted by Crippen LogP contribution is 2.43. The van der Waals surface area contributed by atoms with E-state index in [4.69, 9.17) is 18.5 Å². The van der Waals surface area contributed by atoms with Gasteiger partial charge in [-0.05, 0) is 64.2 Å². The van der Waals surface area contributed by atoms with Gasteiger partial charge >= 0.3 is 19.8 Å². The summed E-state index contributed by atoms with van der Waals surface area (Å²) >= 11 is 0. The summed E-state index contributed by atoms with van der Waals surface area (Å²) in [5.74, 6) is -1.04. The minimum atomic E-state index is -4.63. The van der Waals surface area contributed by atoms with E-state index in [1.165, 1.54) is 44.9 Å². The quantitative estimate of drug-likeness (QED) is 0.0252. The maximum atomic E-state index is 12.3. The maximum absolute atomic E-state index is 12.3. The van der Waals surface area contributed by atoms with E-state index in [1.54, 1.807) is 0 Å². The van der Waals surface area contributed by atoms with Gasteiger partial charge < -0.3 is 24.6 Å². The average Bonchev–Trinajstić information content (AvgIpc) is 3.07. The minimum absolute atomic E-state index is 0.182. The van der Waals surface area contributed by atoms with Crippen LogP contribution in [-0.2, 0) is 32.7 Å². The van der Waals surface area contributed by atoms with Crippen LogP contribution in [0.5, 0.6) is 0 Å². The first kappa shape index (κ1) is 46.5. The van der Waals surface area contributed by atoms with Gasteiger partial charge in [-0.25, -0.2) is 4.57 Å². The van der Waals surface area contributed by atoms with Crippen LogP contribution in [0.3, 0.4) is 0 Å². The molecule has 3 N–H and O–H groups in total. The molecule has 0 aliphatic carbocycles. The lowest BCUT2D eigenvalue weighted by Gasteiger charge is -2.20. The monoisotopic (exact) mass is 704 g/mol. The number of aliphatic hydroxyl groups is 2. The number of rotatable bonds is 35. The number of phosphoric acid groups is 1. The van der Waals surface area contributed by atoms with Crippen molar-refractivity contribution in [1.29, 1.82) is 0 Å². The van der Waals surface area contributed by atoms with Crippen molar-refractivity contribution in [1.82, 2.24) is 0 Å². The normalized spacial score (nSPS) is 14.4. The molecule has 0 aromatic heterocycles. The van der Waals surface area contributed by atoms with Crippen LogP contribution in [0.25, 0.3) is 0 Å². The Labute approximate surface area is 291 Å². The molecule has 3 atom stereocenters. The fourth-order valence-electron chi connectivity index (χ4n) is 4.93. The van der Waals surface area contributed by atoms with Crippen molar-refractivity contribution in [2.24, 2.45) is 0 Å². The first-order chi connectivity index (χ1) is 23.3. The summed E-state index contributed by atoms with van der Waals surface area (Å²) in [5.41, 5.74) is 0. The molecule has 0 bridgehead atoms. The summed E-state index contributed by atoms with van der Waals surface area (Å²) < 4.78 is 32.4. The Hall–Kier alpha value is -1.55. The zero-order valence-corrected chi connectivity index (χ0v) is 31.1. The molecule has 0 fully saturated rings. The lowest BCUT2D eigenvalue weighted by Crippen LogP contribution is -2.28. The number of carbonyl (C=O) groups is 2. The Kier molecular flexibility index (Phi) is 32.8. The van der Waals surface area contributed by atoms with E-state index in [0.717, 1.165) is 77.0 Å². The third-order valence-corrected chi connectivity index (χ3v) is 8.84. The molecule has 0 radical (unpaired) electrons. The Morgan fingerprint density at radius 2 is 0.854 bits per heavy atom. The molecule has 3 unspecified atom stereocenters. The Bertz CT molecular complexity index is 863. The molecule has 48 heavy (non-hydrogen) atoms. The molecule has 0 aliphatic heterocycles. The molecule has 11 heteroatoms. The smallest absolute Gasteiger partial charge is 0.457 e. The summed E-state index contributed by atoms with van der Waals surface area (Å²) in [6.07, 6.45) is 30.1. The van der Waals surface area contributed by atoms with Gasteiger partial charge in [0.25, 0.3) is 0 Å². The van der Waals surface area contributed by atoms with E-state index < -0.39 is 58.4 Å². The molecule has 0 rings (SSSR count). The number of allylic oxidation sites excluding steroid dienone is 4. The van der Waals surface area contributed by atoms with Crippen LogP contribution in [0.2, 0.25) is 0 Å². The predicted octanol–water partition coefficient (Wildman–Crippen LogP) is 9.05. The predicted molar refractivity (Wildman–Crippen MR) is 191 cm³/mol. The van der Waals surface area contributed by atoms with Crippen LogP contribution in [0.4, 0.5) is 0 Å².